The van der Waals surface area contributed by atoms with Gasteiger partial charge in [-0.3, -0.25) is 4.79 Å². The number of carbonyl (C=O) groups is 6. The molecule has 0 spiro atoms. The Hall–Kier alpha value is -5.03. The van der Waals surface area contributed by atoms with Crippen molar-refractivity contribution in [1.29, 1.82) is 0 Å². The highest BCUT2D eigenvalue weighted by Gasteiger charge is 2.36. The first-order valence-electron chi connectivity index (χ1n) is 13.5. The van der Waals surface area contributed by atoms with Crippen LogP contribution in [0.4, 0.5) is 9.59 Å². The van der Waals surface area contributed by atoms with Gasteiger partial charge in [0.1, 0.15) is 6.04 Å². The fourth-order valence-corrected chi connectivity index (χ4v) is 4.63. The smallest absolute Gasteiger partial charge is 0.456 e. The normalized spacial score (nSPS) is 11.5. The van der Waals surface area contributed by atoms with Crippen molar-refractivity contribution in [2.75, 3.05) is 19.3 Å². The Morgan fingerprint density at radius 1 is 0.766 bits per heavy atom. The number of hydrogen-bond acceptors (Lipinski definition) is 16. The van der Waals surface area contributed by atoms with Crippen LogP contribution < -0.4 is 11.1 Å². The monoisotopic (exact) mass is 691 g/mol. The first kappa shape index (κ1) is 36.4. The molecule has 2 aromatic carbocycles. The minimum atomic E-state index is -1.54. The molecule has 0 aliphatic heterocycles. The minimum Gasteiger partial charge on any atom is -0.456 e. The highest BCUT2D eigenvalue weighted by Crippen LogP contribution is 2.27. The zero-order chi connectivity index (χ0) is 34.4. The minimum absolute atomic E-state index is 0.0666. The van der Waals surface area contributed by atoms with E-state index in [1.807, 2.05) is 0 Å². The standard InChI is InChI=1S/C30H29NO14S2/c1-18-22(45-27(36)44-18)14-39-25(34)21(15-46-28(37)42-16-40-23(32)19-10-6-4-7-11-19)31-26(35)30(2,3)47-29(38)43-17-41-24(33)20-12-8-5-9-13-20/h4-13,21H,14-17H2,1-3H3,(H,31,35)/t21-/m0/s1. The Balaban J connectivity index is 1.55. The molecule has 0 saturated heterocycles. The summed E-state index contributed by atoms with van der Waals surface area (Å²) in [6, 6.07) is 14.5. The van der Waals surface area contributed by atoms with E-state index in [1.165, 1.54) is 45.0 Å². The molecule has 250 valence electrons. The van der Waals surface area contributed by atoms with Crippen molar-refractivity contribution in [1.82, 2.24) is 5.32 Å². The van der Waals surface area contributed by atoms with Crippen molar-refractivity contribution in [3.63, 3.8) is 0 Å². The van der Waals surface area contributed by atoms with Gasteiger partial charge in [-0.15, -0.1) is 0 Å². The number of esters is 3. The number of rotatable bonds is 14. The third-order valence-electron chi connectivity index (χ3n) is 5.78. The number of amides is 1. The first-order valence-corrected chi connectivity index (χ1v) is 15.3. The van der Waals surface area contributed by atoms with E-state index in [1.54, 1.807) is 36.4 Å². The topological polar surface area (TPSA) is 204 Å². The summed E-state index contributed by atoms with van der Waals surface area (Å²) in [6.45, 7) is 2.17. The third-order valence-corrected chi connectivity index (χ3v) is 7.61. The average Bonchev–Trinajstić information content (AvgIpc) is 3.38. The van der Waals surface area contributed by atoms with Crippen LogP contribution in [0.25, 0.3) is 0 Å². The van der Waals surface area contributed by atoms with E-state index in [4.69, 9.17) is 32.5 Å². The van der Waals surface area contributed by atoms with Crippen molar-refractivity contribution < 1.29 is 61.3 Å². The van der Waals surface area contributed by atoms with Crippen LogP contribution in [0, 0.1) is 6.92 Å². The fraction of sp³-hybridized carbons (Fsp3) is 0.300. The second-order valence-electron chi connectivity index (χ2n) is 9.61. The number of benzene rings is 2. The van der Waals surface area contributed by atoms with Crippen molar-refractivity contribution in [2.24, 2.45) is 0 Å². The third kappa shape index (κ3) is 12.0. The van der Waals surface area contributed by atoms with E-state index in [0.717, 1.165) is 0 Å². The highest BCUT2D eigenvalue weighted by molar-refractivity contribution is 8.15. The summed E-state index contributed by atoms with van der Waals surface area (Å²) >= 11 is 0.898. The molecule has 1 heterocycles. The molecule has 0 aliphatic carbocycles. The van der Waals surface area contributed by atoms with Gasteiger partial charge in [0, 0.05) is 5.75 Å². The molecule has 0 radical (unpaired) electrons. The molecule has 3 aromatic rings. The number of carbonyl (C=O) groups excluding carboxylic acids is 6. The van der Waals surface area contributed by atoms with Gasteiger partial charge >= 0.3 is 34.3 Å². The summed E-state index contributed by atoms with van der Waals surface area (Å²) in [7, 11) is 0. The van der Waals surface area contributed by atoms with Gasteiger partial charge < -0.3 is 37.8 Å². The molecule has 0 saturated carbocycles. The molecule has 17 heteroatoms. The number of aryl methyl sites for hydroxylation is 1. The number of ether oxygens (including phenoxy) is 5. The predicted molar refractivity (Wildman–Crippen MR) is 164 cm³/mol. The Bertz CT molecular complexity index is 1620. The molecule has 0 unspecified atom stereocenters. The Morgan fingerprint density at radius 3 is 1.81 bits per heavy atom. The lowest BCUT2D eigenvalue weighted by Gasteiger charge is -2.25. The molecule has 1 N–H and O–H groups in total. The molecular formula is C30H29NO14S2. The van der Waals surface area contributed by atoms with Gasteiger partial charge in [0.2, 0.25) is 19.5 Å². The van der Waals surface area contributed by atoms with Gasteiger partial charge in [-0.25, -0.2) is 28.8 Å². The second-order valence-corrected chi connectivity index (χ2v) is 12.1. The molecule has 1 aromatic heterocycles. The maximum atomic E-state index is 13.1. The molecule has 47 heavy (non-hydrogen) atoms. The van der Waals surface area contributed by atoms with Crippen molar-refractivity contribution in [3.8, 4) is 0 Å². The fourth-order valence-electron chi connectivity index (χ4n) is 3.30. The molecule has 0 aliphatic rings. The lowest BCUT2D eigenvalue weighted by Crippen LogP contribution is -2.50. The first-order chi connectivity index (χ1) is 22.4. The van der Waals surface area contributed by atoms with Crippen LogP contribution in [0.1, 0.15) is 46.1 Å². The van der Waals surface area contributed by atoms with E-state index in [-0.39, 0.29) is 22.6 Å². The number of nitrogens with one attached hydrogen (secondary N) is 1. The Kier molecular flexibility index (Phi) is 13.7. The summed E-state index contributed by atoms with van der Waals surface area (Å²) in [5, 5.41) is 0.501. The maximum Gasteiger partial charge on any atom is 0.519 e. The number of thioether (sulfide) groups is 2. The SMILES string of the molecule is Cc1oc(=O)oc1COC(=O)[C@H](CSC(=O)OCOC(=O)c1ccccc1)NC(=O)C(C)(C)SC(=O)OCOC(=O)c1ccccc1. The van der Waals surface area contributed by atoms with Crippen LogP contribution in [-0.4, -0.2) is 64.5 Å². The van der Waals surface area contributed by atoms with E-state index in [9.17, 15) is 33.6 Å². The summed E-state index contributed by atoms with van der Waals surface area (Å²) < 4.78 is 32.7. The van der Waals surface area contributed by atoms with Gasteiger partial charge in [0.25, 0.3) is 0 Å². The lowest BCUT2D eigenvalue weighted by atomic mass is 10.2. The van der Waals surface area contributed by atoms with Crippen molar-refractivity contribution >= 4 is 57.9 Å². The molecule has 0 fully saturated rings. The summed E-state index contributed by atoms with van der Waals surface area (Å²) in [6.07, 6.45) is 0. The van der Waals surface area contributed by atoms with Crippen LogP contribution >= 0.6 is 23.5 Å². The quantitative estimate of drug-likeness (QED) is 0.143. The predicted octanol–water partition coefficient (Wildman–Crippen LogP) is 4.22. The van der Waals surface area contributed by atoms with E-state index in [0.29, 0.717) is 23.5 Å². The summed E-state index contributed by atoms with van der Waals surface area (Å²) in [5.74, 6) is -4.75. The molecule has 0 bridgehead atoms. The van der Waals surface area contributed by atoms with Crippen molar-refractivity contribution in [3.05, 3.63) is 93.9 Å². The highest BCUT2D eigenvalue weighted by atomic mass is 32.2. The summed E-state index contributed by atoms with van der Waals surface area (Å²) in [4.78, 5) is 86.1. The summed E-state index contributed by atoms with van der Waals surface area (Å²) in [5.41, 5.74) is 0.483. The zero-order valence-electron chi connectivity index (χ0n) is 25.2. The Morgan fingerprint density at radius 2 is 1.30 bits per heavy atom. The molecule has 1 atom stereocenters. The van der Waals surface area contributed by atoms with Crippen LogP contribution in [0.2, 0.25) is 0 Å². The van der Waals surface area contributed by atoms with E-state index < -0.39 is 77.0 Å². The molecule has 1 amide bonds. The largest absolute Gasteiger partial charge is 0.519 e. The molecule has 3 rings (SSSR count). The lowest BCUT2D eigenvalue weighted by molar-refractivity contribution is -0.149. The Labute approximate surface area is 275 Å². The van der Waals surface area contributed by atoms with Crippen LogP contribution in [0.5, 0.6) is 0 Å². The van der Waals surface area contributed by atoms with Gasteiger partial charge in [-0.2, -0.15) is 0 Å². The average molecular weight is 692 g/mol. The van der Waals surface area contributed by atoms with Crippen LogP contribution in [0.3, 0.4) is 0 Å². The van der Waals surface area contributed by atoms with E-state index >= 15 is 0 Å². The van der Waals surface area contributed by atoms with Gasteiger partial charge in [0.15, 0.2) is 18.1 Å². The number of hydrogen-bond donors (Lipinski definition) is 1. The van der Waals surface area contributed by atoms with Gasteiger partial charge in [-0.1, -0.05) is 36.4 Å². The second kappa shape index (κ2) is 17.6. The van der Waals surface area contributed by atoms with Gasteiger partial charge in [0.05, 0.1) is 15.9 Å². The van der Waals surface area contributed by atoms with Crippen LogP contribution in [-0.2, 0) is 39.9 Å². The van der Waals surface area contributed by atoms with E-state index in [2.05, 4.69) is 5.32 Å². The maximum absolute atomic E-state index is 13.1. The van der Waals surface area contributed by atoms with Crippen molar-refractivity contribution in [2.45, 2.75) is 38.2 Å². The molecular weight excluding hydrogens is 662 g/mol. The van der Waals surface area contributed by atoms with Gasteiger partial charge in [-0.05, 0) is 68.6 Å². The zero-order valence-corrected chi connectivity index (χ0v) is 26.8. The molecule has 15 nitrogen and oxygen atoms in total. The van der Waals surface area contributed by atoms with Crippen LogP contribution in [0.15, 0.2) is 74.3 Å².